The van der Waals surface area contributed by atoms with Gasteiger partial charge in [-0.3, -0.25) is 4.84 Å². The number of hydrogen-bond acceptors (Lipinski definition) is 3. The van der Waals surface area contributed by atoms with Crippen LogP contribution in [-0.4, -0.2) is 16.0 Å². The fraction of sp³-hybridized carbons (Fsp3) is 0.235. The van der Waals surface area contributed by atoms with Gasteiger partial charge in [0.05, 0.1) is 16.9 Å². The summed E-state index contributed by atoms with van der Waals surface area (Å²) in [5.74, 6) is 0. The SMILES string of the molecule is N#C[C@@H]1ON(Cc2ccccc2)[C@@H](c2ccccc2)[C@@H]1Br. The molecular weight excluding hydrogens is 328 g/mol. The Morgan fingerprint density at radius 1 is 1.05 bits per heavy atom. The molecule has 0 spiro atoms. The third kappa shape index (κ3) is 3.01. The number of alkyl halides is 1. The van der Waals surface area contributed by atoms with Crippen LogP contribution in [0.25, 0.3) is 0 Å². The lowest BCUT2D eigenvalue weighted by Crippen LogP contribution is -2.24. The van der Waals surface area contributed by atoms with Crippen molar-refractivity contribution in [1.82, 2.24) is 5.06 Å². The van der Waals surface area contributed by atoms with Gasteiger partial charge < -0.3 is 0 Å². The zero-order valence-electron chi connectivity index (χ0n) is 11.4. The summed E-state index contributed by atoms with van der Waals surface area (Å²) in [5, 5.41) is 11.2. The molecular formula is C17H15BrN2O. The molecule has 1 aliphatic rings. The van der Waals surface area contributed by atoms with E-state index in [-0.39, 0.29) is 10.9 Å². The fourth-order valence-corrected chi connectivity index (χ4v) is 3.37. The van der Waals surface area contributed by atoms with Crippen molar-refractivity contribution in [2.24, 2.45) is 0 Å². The predicted molar refractivity (Wildman–Crippen MR) is 84.4 cm³/mol. The standard InChI is InChI=1S/C17H15BrN2O/c18-16-15(11-19)21-20(12-13-7-3-1-4-8-13)17(16)14-9-5-2-6-10-14/h1-10,15-17H,12H2/t15-,16+,17-/m0/s1. The number of hydrogen-bond donors (Lipinski definition) is 0. The summed E-state index contributed by atoms with van der Waals surface area (Å²) in [4.78, 5) is 5.77. The lowest BCUT2D eigenvalue weighted by Gasteiger charge is -2.24. The Labute approximate surface area is 132 Å². The quantitative estimate of drug-likeness (QED) is 0.795. The van der Waals surface area contributed by atoms with Crippen molar-refractivity contribution in [2.75, 3.05) is 0 Å². The fourth-order valence-electron chi connectivity index (χ4n) is 2.59. The van der Waals surface area contributed by atoms with E-state index >= 15 is 0 Å². The minimum Gasteiger partial charge on any atom is -0.278 e. The van der Waals surface area contributed by atoms with Crippen LogP contribution in [0.4, 0.5) is 0 Å². The van der Waals surface area contributed by atoms with E-state index in [1.54, 1.807) is 0 Å². The van der Waals surface area contributed by atoms with Gasteiger partial charge >= 0.3 is 0 Å². The van der Waals surface area contributed by atoms with E-state index in [4.69, 9.17) is 4.84 Å². The Balaban J connectivity index is 1.88. The molecule has 3 nitrogen and oxygen atoms in total. The van der Waals surface area contributed by atoms with Crippen LogP contribution in [-0.2, 0) is 11.4 Å². The van der Waals surface area contributed by atoms with Gasteiger partial charge in [0.2, 0.25) is 0 Å². The van der Waals surface area contributed by atoms with Crippen molar-refractivity contribution >= 4 is 15.9 Å². The van der Waals surface area contributed by atoms with Crippen LogP contribution in [0.2, 0.25) is 0 Å². The van der Waals surface area contributed by atoms with Gasteiger partial charge in [0.15, 0.2) is 6.10 Å². The summed E-state index contributed by atoms with van der Waals surface area (Å²) < 4.78 is 0. The van der Waals surface area contributed by atoms with Crippen molar-refractivity contribution in [2.45, 2.75) is 23.5 Å². The first-order chi connectivity index (χ1) is 10.3. The Bertz CT molecular complexity index is 626. The van der Waals surface area contributed by atoms with E-state index < -0.39 is 6.10 Å². The summed E-state index contributed by atoms with van der Waals surface area (Å²) >= 11 is 3.63. The molecule has 0 amide bonds. The zero-order valence-corrected chi connectivity index (χ0v) is 13.0. The van der Waals surface area contributed by atoms with Gasteiger partial charge in [-0.25, -0.2) is 0 Å². The predicted octanol–water partition coefficient (Wildman–Crippen LogP) is 3.83. The molecule has 0 radical (unpaired) electrons. The van der Waals surface area contributed by atoms with Gasteiger partial charge in [0, 0.05) is 6.54 Å². The molecule has 1 aliphatic heterocycles. The molecule has 3 atom stereocenters. The molecule has 1 heterocycles. The summed E-state index contributed by atoms with van der Waals surface area (Å²) in [6.45, 7) is 0.653. The van der Waals surface area contributed by atoms with Gasteiger partial charge in [-0.1, -0.05) is 76.6 Å². The van der Waals surface area contributed by atoms with E-state index in [1.165, 1.54) is 0 Å². The topological polar surface area (TPSA) is 36.3 Å². The highest BCUT2D eigenvalue weighted by molar-refractivity contribution is 9.09. The molecule has 2 aromatic carbocycles. The highest BCUT2D eigenvalue weighted by Crippen LogP contribution is 2.39. The Morgan fingerprint density at radius 3 is 2.29 bits per heavy atom. The minimum atomic E-state index is -0.473. The molecule has 21 heavy (non-hydrogen) atoms. The van der Waals surface area contributed by atoms with E-state index in [9.17, 15) is 5.26 Å². The minimum absolute atomic E-state index is 0.0241. The molecule has 0 bridgehead atoms. The molecule has 2 aromatic rings. The second-order valence-corrected chi connectivity index (χ2v) is 6.07. The van der Waals surface area contributed by atoms with Crippen LogP contribution in [0, 0.1) is 11.3 Å². The maximum absolute atomic E-state index is 9.25. The van der Waals surface area contributed by atoms with E-state index in [1.807, 2.05) is 41.5 Å². The number of rotatable bonds is 3. The first-order valence-electron chi connectivity index (χ1n) is 6.85. The average molecular weight is 343 g/mol. The third-order valence-corrected chi connectivity index (χ3v) is 4.58. The monoisotopic (exact) mass is 342 g/mol. The molecule has 1 fully saturated rings. The molecule has 1 saturated heterocycles. The average Bonchev–Trinajstić information content (AvgIpc) is 2.85. The highest BCUT2D eigenvalue weighted by Gasteiger charge is 2.42. The molecule has 4 heteroatoms. The Kier molecular flexibility index (Phi) is 4.35. The number of halogens is 1. The Hall–Kier alpha value is -1.67. The van der Waals surface area contributed by atoms with Crippen molar-refractivity contribution < 1.29 is 4.84 Å². The second-order valence-electron chi connectivity index (χ2n) is 5.02. The van der Waals surface area contributed by atoms with Crippen LogP contribution < -0.4 is 0 Å². The van der Waals surface area contributed by atoms with Crippen molar-refractivity contribution in [3.63, 3.8) is 0 Å². The number of benzene rings is 2. The Morgan fingerprint density at radius 2 is 1.67 bits per heavy atom. The largest absolute Gasteiger partial charge is 0.278 e. The van der Waals surface area contributed by atoms with Gasteiger partial charge in [0.1, 0.15) is 0 Å². The first kappa shape index (κ1) is 14.3. The lowest BCUT2D eigenvalue weighted by atomic mass is 10.0. The van der Waals surface area contributed by atoms with Crippen molar-refractivity contribution in [3.8, 4) is 6.07 Å². The zero-order chi connectivity index (χ0) is 14.7. The van der Waals surface area contributed by atoms with E-state index in [2.05, 4.69) is 46.3 Å². The molecule has 0 aromatic heterocycles. The third-order valence-electron chi connectivity index (χ3n) is 3.60. The molecule has 0 N–H and O–H groups in total. The number of nitriles is 1. The van der Waals surface area contributed by atoms with E-state index in [0.717, 1.165) is 11.1 Å². The van der Waals surface area contributed by atoms with Gasteiger partial charge in [0.25, 0.3) is 0 Å². The van der Waals surface area contributed by atoms with E-state index in [0.29, 0.717) is 6.54 Å². The summed E-state index contributed by atoms with van der Waals surface area (Å²) in [7, 11) is 0. The van der Waals surface area contributed by atoms with Crippen LogP contribution in [0.5, 0.6) is 0 Å². The van der Waals surface area contributed by atoms with Crippen LogP contribution >= 0.6 is 15.9 Å². The summed E-state index contributed by atoms with van der Waals surface area (Å²) in [6.07, 6.45) is -0.473. The number of hydroxylamine groups is 2. The van der Waals surface area contributed by atoms with Crippen LogP contribution in [0.1, 0.15) is 17.2 Å². The lowest BCUT2D eigenvalue weighted by molar-refractivity contribution is -0.157. The first-order valence-corrected chi connectivity index (χ1v) is 7.77. The molecule has 0 unspecified atom stereocenters. The summed E-state index contributed by atoms with van der Waals surface area (Å²) in [5.41, 5.74) is 2.31. The molecule has 3 rings (SSSR count). The second kappa shape index (κ2) is 6.40. The molecule has 0 saturated carbocycles. The maximum Gasteiger partial charge on any atom is 0.179 e. The normalized spacial score (nSPS) is 25.6. The number of nitrogens with zero attached hydrogens (tertiary/aromatic N) is 2. The van der Waals surface area contributed by atoms with Gasteiger partial charge in [-0.05, 0) is 11.1 Å². The van der Waals surface area contributed by atoms with Gasteiger partial charge in [-0.15, -0.1) is 0 Å². The van der Waals surface area contributed by atoms with Crippen molar-refractivity contribution in [1.29, 1.82) is 5.26 Å². The highest BCUT2D eigenvalue weighted by atomic mass is 79.9. The van der Waals surface area contributed by atoms with Gasteiger partial charge in [-0.2, -0.15) is 10.3 Å². The molecule has 0 aliphatic carbocycles. The van der Waals surface area contributed by atoms with Crippen LogP contribution in [0.15, 0.2) is 60.7 Å². The van der Waals surface area contributed by atoms with Crippen LogP contribution in [0.3, 0.4) is 0 Å². The molecule has 106 valence electrons. The van der Waals surface area contributed by atoms with Crippen molar-refractivity contribution in [3.05, 3.63) is 71.8 Å². The summed E-state index contributed by atoms with van der Waals surface area (Å²) in [6, 6.07) is 22.5. The smallest absolute Gasteiger partial charge is 0.179 e. The maximum atomic E-state index is 9.25.